The number of rotatable bonds is 1. The van der Waals surface area contributed by atoms with Gasteiger partial charge < -0.3 is 5.73 Å². The Kier molecular flexibility index (Phi) is 2.88. The van der Waals surface area contributed by atoms with Crippen LogP contribution in [-0.4, -0.2) is 19.5 Å². The fourth-order valence-electron chi connectivity index (χ4n) is 2.37. The molecule has 0 bridgehead atoms. The molecule has 2 N–H and O–H groups in total. The number of alkyl halides is 3. The summed E-state index contributed by atoms with van der Waals surface area (Å²) in [5, 5.41) is 0. The van der Waals surface area contributed by atoms with Gasteiger partial charge in [0.2, 0.25) is 5.82 Å². The molecule has 0 fully saturated rings. The highest BCUT2D eigenvalue weighted by atomic mass is 19.4. The van der Waals surface area contributed by atoms with Gasteiger partial charge >= 0.3 is 6.18 Å². The van der Waals surface area contributed by atoms with Crippen LogP contribution in [0.25, 0.3) is 5.82 Å². The van der Waals surface area contributed by atoms with Gasteiger partial charge in [0.1, 0.15) is 18.0 Å². The minimum atomic E-state index is -4.62. The lowest BCUT2D eigenvalue weighted by molar-refractivity contribution is -0.144. The molecule has 2 aromatic rings. The lowest BCUT2D eigenvalue weighted by Crippen LogP contribution is -2.16. The van der Waals surface area contributed by atoms with Crippen LogP contribution < -0.4 is 5.73 Å². The Morgan fingerprint density at radius 3 is 2.65 bits per heavy atom. The summed E-state index contributed by atoms with van der Waals surface area (Å²) in [6.45, 7) is 0. The van der Waals surface area contributed by atoms with Crippen molar-refractivity contribution in [3.63, 3.8) is 0 Å². The quantitative estimate of drug-likeness (QED) is 0.870. The van der Waals surface area contributed by atoms with Crippen molar-refractivity contribution in [2.24, 2.45) is 0 Å². The van der Waals surface area contributed by atoms with Crippen LogP contribution in [0.15, 0.2) is 12.4 Å². The molecule has 1 aliphatic carbocycles. The number of anilines is 1. The number of halogens is 3. The first-order chi connectivity index (χ1) is 9.45. The second-order valence-electron chi connectivity index (χ2n) is 4.69. The van der Waals surface area contributed by atoms with Crippen LogP contribution in [0, 0.1) is 0 Å². The highest BCUT2D eigenvalue weighted by Crippen LogP contribution is 2.28. The monoisotopic (exact) mass is 283 g/mol. The van der Waals surface area contributed by atoms with E-state index in [2.05, 4.69) is 15.0 Å². The molecule has 20 heavy (non-hydrogen) atoms. The Morgan fingerprint density at radius 2 is 1.90 bits per heavy atom. The molecule has 8 heteroatoms. The fourth-order valence-corrected chi connectivity index (χ4v) is 2.37. The third kappa shape index (κ3) is 2.21. The first-order valence-electron chi connectivity index (χ1n) is 6.22. The van der Waals surface area contributed by atoms with E-state index in [4.69, 9.17) is 5.73 Å². The molecule has 0 spiro atoms. The number of fused-ring (bicyclic) bond motifs is 1. The fraction of sp³-hybridized carbons (Fsp3) is 0.417. The number of imidazole rings is 1. The number of aryl methyl sites for hydroxylation is 1. The van der Waals surface area contributed by atoms with Crippen LogP contribution >= 0.6 is 0 Å². The molecule has 0 saturated carbocycles. The number of hydrogen-bond acceptors (Lipinski definition) is 4. The van der Waals surface area contributed by atoms with E-state index in [-0.39, 0.29) is 11.6 Å². The summed E-state index contributed by atoms with van der Waals surface area (Å²) >= 11 is 0. The molecular formula is C12H12F3N5. The molecule has 2 heterocycles. The van der Waals surface area contributed by atoms with Crippen LogP contribution in [0.2, 0.25) is 0 Å². The summed E-state index contributed by atoms with van der Waals surface area (Å²) in [6.07, 6.45) is 0.535. The highest BCUT2D eigenvalue weighted by Gasteiger charge is 2.35. The Bertz CT molecular complexity index is 647. The minimum Gasteiger partial charge on any atom is -0.384 e. The van der Waals surface area contributed by atoms with Gasteiger partial charge in [-0.2, -0.15) is 13.2 Å². The Balaban J connectivity index is 2.11. The van der Waals surface area contributed by atoms with Crippen LogP contribution in [0.3, 0.4) is 0 Å². The van der Waals surface area contributed by atoms with Gasteiger partial charge in [0.05, 0.1) is 5.69 Å². The number of nitrogens with zero attached hydrogens (tertiary/aromatic N) is 4. The molecule has 1 aliphatic rings. The maximum Gasteiger partial charge on any atom is 0.451 e. The number of nitrogens with two attached hydrogens (primary N) is 1. The second kappa shape index (κ2) is 4.46. The lowest BCUT2D eigenvalue weighted by Gasteiger charge is -2.14. The SMILES string of the molecule is Nc1cc(-n2cnc3c2CCCC3)nc(C(F)(F)F)n1. The number of aromatic nitrogens is 4. The van der Waals surface area contributed by atoms with Gasteiger partial charge in [0, 0.05) is 11.8 Å². The summed E-state index contributed by atoms with van der Waals surface area (Å²) in [5.74, 6) is -1.33. The molecule has 2 aromatic heterocycles. The first-order valence-corrected chi connectivity index (χ1v) is 6.22. The number of nitrogen functional groups attached to an aromatic ring is 1. The van der Waals surface area contributed by atoms with Crippen molar-refractivity contribution in [3.05, 3.63) is 29.6 Å². The van der Waals surface area contributed by atoms with E-state index in [0.29, 0.717) is 0 Å². The molecular weight excluding hydrogens is 271 g/mol. The zero-order valence-corrected chi connectivity index (χ0v) is 10.5. The molecule has 0 amide bonds. The maximum absolute atomic E-state index is 12.7. The molecule has 0 unspecified atom stereocenters. The molecule has 0 saturated heterocycles. The van der Waals surface area contributed by atoms with E-state index in [9.17, 15) is 13.2 Å². The van der Waals surface area contributed by atoms with Gasteiger partial charge in [-0.15, -0.1) is 0 Å². The van der Waals surface area contributed by atoms with Crippen molar-refractivity contribution in [1.82, 2.24) is 19.5 Å². The van der Waals surface area contributed by atoms with E-state index in [0.717, 1.165) is 37.1 Å². The predicted octanol–water partition coefficient (Wildman–Crippen LogP) is 2.14. The van der Waals surface area contributed by atoms with Crippen molar-refractivity contribution in [2.75, 3.05) is 5.73 Å². The van der Waals surface area contributed by atoms with Gasteiger partial charge in [-0.05, 0) is 25.7 Å². The highest BCUT2D eigenvalue weighted by molar-refractivity contribution is 5.40. The second-order valence-corrected chi connectivity index (χ2v) is 4.69. The molecule has 0 aromatic carbocycles. The Morgan fingerprint density at radius 1 is 1.15 bits per heavy atom. The third-order valence-electron chi connectivity index (χ3n) is 3.26. The zero-order valence-electron chi connectivity index (χ0n) is 10.5. The minimum absolute atomic E-state index is 0.112. The van der Waals surface area contributed by atoms with Gasteiger partial charge in [0.15, 0.2) is 0 Å². The van der Waals surface area contributed by atoms with Gasteiger partial charge in [-0.1, -0.05) is 0 Å². The summed E-state index contributed by atoms with van der Waals surface area (Å²) in [6, 6.07) is 1.33. The Labute approximate surface area is 112 Å². The van der Waals surface area contributed by atoms with Crippen molar-refractivity contribution >= 4 is 5.82 Å². The third-order valence-corrected chi connectivity index (χ3v) is 3.26. The Hall–Kier alpha value is -2.12. The summed E-state index contributed by atoms with van der Waals surface area (Å²) in [4.78, 5) is 11.0. The molecule has 3 rings (SSSR count). The van der Waals surface area contributed by atoms with Crippen LogP contribution in [0.4, 0.5) is 19.0 Å². The average molecular weight is 283 g/mol. The largest absolute Gasteiger partial charge is 0.451 e. The van der Waals surface area contributed by atoms with Crippen LogP contribution in [0.5, 0.6) is 0 Å². The molecule has 5 nitrogen and oxygen atoms in total. The summed E-state index contributed by atoms with van der Waals surface area (Å²) < 4.78 is 39.7. The van der Waals surface area contributed by atoms with E-state index in [1.165, 1.54) is 12.4 Å². The summed E-state index contributed by atoms with van der Waals surface area (Å²) in [5.41, 5.74) is 7.28. The van der Waals surface area contributed by atoms with Crippen molar-refractivity contribution < 1.29 is 13.2 Å². The van der Waals surface area contributed by atoms with Gasteiger partial charge in [-0.3, -0.25) is 4.57 Å². The van der Waals surface area contributed by atoms with Crippen LogP contribution in [-0.2, 0) is 19.0 Å². The molecule has 0 atom stereocenters. The van der Waals surface area contributed by atoms with Crippen molar-refractivity contribution in [2.45, 2.75) is 31.9 Å². The van der Waals surface area contributed by atoms with Crippen LogP contribution in [0.1, 0.15) is 30.1 Å². The molecule has 0 aliphatic heterocycles. The average Bonchev–Trinajstić information content (AvgIpc) is 2.80. The van der Waals surface area contributed by atoms with Crippen molar-refractivity contribution in [3.8, 4) is 5.82 Å². The summed E-state index contributed by atoms with van der Waals surface area (Å²) in [7, 11) is 0. The maximum atomic E-state index is 12.7. The first kappa shape index (κ1) is 12.9. The molecule has 106 valence electrons. The lowest BCUT2D eigenvalue weighted by atomic mass is 10.0. The van der Waals surface area contributed by atoms with E-state index >= 15 is 0 Å². The number of hydrogen-bond donors (Lipinski definition) is 1. The van der Waals surface area contributed by atoms with Crippen molar-refractivity contribution in [1.29, 1.82) is 0 Å². The normalized spacial score (nSPS) is 15.2. The zero-order chi connectivity index (χ0) is 14.3. The predicted molar refractivity (Wildman–Crippen MR) is 65.2 cm³/mol. The van der Waals surface area contributed by atoms with Gasteiger partial charge in [0.25, 0.3) is 0 Å². The standard InChI is InChI=1S/C12H12F3N5/c13-12(14,15)11-18-9(16)5-10(19-11)20-6-17-7-3-1-2-4-8(7)20/h5-6H,1-4H2,(H2,16,18,19). The van der Waals surface area contributed by atoms with Gasteiger partial charge in [-0.25, -0.2) is 15.0 Å². The molecule has 0 radical (unpaired) electrons. The van der Waals surface area contributed by atoms with E-state index in [1.807, 2.05) is 0 Å². The topological polar surface area (TPSA) is 69.6 Å². The smallest absolute Gasteiger partial charge is 0.384 e. The van der Waals surface area contributed by atoms with E-state index < -0.39 is 12.0 Å². The van der Waals surface area contributed by atoms with E-state index in [1.54, 1.807) is 4.57 Å².